The fourth-order valence-electron chi connectivity index (χ4n) is 2.29. The SMILES string of the molecule is C/C(=C/C(=O)O)c1ccc(C(F)(F)P(=O)(OCOC(=O)C(C)(C)C)OCOC(=O)C(C)(C)C)cc1. The number of rotatable bonds is 10. The van der Waals surface area contributed by atoms with E-state index in [2.05, 4.69) is 0 Å². The molecule has 12 heteroatoms. The Balaban J connectivity index is 3.21. The van der Waals surface area contributed by atoms with Gasteiger partial charge < -0.3 is 14.6 Å². The van der Waals surface area contributed by atoms with Crippen LogP contribution in [0, 0.1) is 10.8 Å². The summed E-state index contributed by atoms with van der Waals surface area (Å²) in [4.78, 5) is 34.7. The van der Waals surface area contributed by atoms with Gasteiger partial charge in [-0.05, 0) is 59.6 Å². The molecule has 9 nitrogen and oxygen atoms in total. The Kier molecular flexibility index (Phi) is 9.91. The van der Waals surface area contributed by atoms with Crippen molar-refractivity contribution in [2.75, 3.05) is 13.6 Å². The van der Waals surface area contributed by atoms with E-state index in [0.29, 0.717) is 11.1 Å². The van der Waals surface area contributed by atoms with Gasteiger partial charge in [-0.15, -0.1) is 0 Å². The van der Waals surface area contributed by atoms with Gasteiger partial charge in [0, 0.05) is 11.6 Å². The molecule has 0 amide bonds. The molecule has 0 aliphatic rings. The van der Waals surface area contributed by atoms with Gasteiger partial charge >= 0.3 is 31.2 Å². The second-order valence-electron chi connectivity index (χ2n) is 9.64. The first-order valence-corrected chi connectivity index (χ1v) is 12.0. The van der Waals surface area contributed by atoms with Gasteiger partial charge in [-0.1, -0.05) is 24.3 Å². The Labute approximate surface area is 202 Å². The van der Waals surface area contributed by atoms with Crippen LogP contribution < -0.4 is 0 Å². The van der Waals surface area contributed by atoms with Crippen LogP contribution in [0.3, 0.4) is 0 Å². The van der Waals surface area contributed by atoms with Crippen LogP contribution in [0.25, 0.3) is 5.57 Å². The Bertz CT molecular complexity index is 967. The van der Waals surface area contributed by atoms with E-state index in [9.17, 15) is 18.9 Å². The molecule has 0 aliphatic heterocycles. The highest BCUT2D eigenvalue weighted by molar-refractivity contribution is 7.54. The molecule has 0 aromatic heterocycles. The topological polar surface area (TPSA) is 125 Å². The summed E-state index contributed by atoms with van der Waals surface area (Å²) in [6.45, 7) is 8.41. The van der Waals surface area contributed by atoms with E-state index >= 15 is 8.78 Å². The highest BCUT2D eigenvalue weighted by Gasteiger charge is 2.56. The molecule has 0 aliphatic carbocycles. The third-order valence-corrected chi connectivity index (χ3v) is 6.26. The predicted molar refractivity (Wildman–Crippen MR) is 122 cm³/mol. The number of hydrogen-bond donors (Lipinski definition) is 1. The van der Waals surface area contributed by atoms with Crippen molar-refractivity contribution in [3.63, 3.8) is 0 Å². The zero-order valence-electron chi connectivity index (χ0n) is 20.7. The maximum atomic E-state index is 15.4. The molecule has 0 atom stereocenters. The molecule has 0 spiro atoms. The van der Waals surface area contributed by atoms with Gasteiger partial charge in [-0.3, -0.25) is 23.2 Å². The number of ether oxygens (including phenoxy) is 2. The fraction of sp³-hybridized carbons (Fsp3) is 0.522. The molecule has 1 N–H and O–H groups in total. The molecular weight excluding hydrogens is 489 g/mol. The van der Waals surface area contributed by atoms with Gasteiger partial charge in [0.15, 0.2) is 0 Å². The normalized spacial score (nSPS) is 13.3. The van der Waals surface area contributed by atoms with Crippen molar-refractivity contribution in [2.24, 2.45) is 10.8 Å². The van der Waals surface area contributed by atoms with Gasteiger partial charge in [0.25, 0.3) is 0 Å². The summed E-state index contributed by atoms with van der Waals surface area (Å²) in [6.07, 6.45) is 0.900. The summed E-state index contributed by atoms with van der Waals surface area (Å²) in [7, 11) is -5.42. The number of carbonyl (C=O) groups excluding carboxylic acids is 2. The number of benzene rings is 1. The van der Waals surface area contributed by atoms with Crippen LogP contribution in [-0.2, 0) is 43.1 Å². The van der Waals surface area contributed by atoms with Crippen molar-refractivity contribution in [1.29, 1.82) is 0 Å². The minimum atomic E-state index is -5.42. The van der Waals surface area contributed by atoms with Crippen LogP contribution in [0.15, 0.2) is 30.3 Å². The molecule has 0 radical (unpaired) electrons. The molecule has 0 saturated carbocycles. The van der Waals surface area contributed by atoms with Gasteiger partial charge in [0.1, 0.15) is 0 Å². The van der Waals surface area contributed by atoms with Crippen molar-refractivity contribution < 1.29 is 51.4 Å². The molecule has 1 aromatic rings. The second kappa shape index (κ2) is 11.4. The summed E-state index contributed by atoms with van der Waals surface area (Å²) < 4.78 is 63.0. The van der Waals surface area contributed by atoms with E-state index in [1.807, 2.05) is 0 Å². The molecule has 1 rings (SSSR count). The van der Waals surface area contributed by atoms with Crippen LogP contribution in [-0.4, -0.2) is 36.6 Å². The fourth-order valence-corrected chi connectivity index (χ4v) is 3.54. The van der Waals surface area contributed by atoms with E-state index in [-0.39, 0.29) is 0 Å². The van der Waals surface area contributed by atoms with E-state index in [1.54, 1.807) is 0 Å². The quantitative estimate of drug-likeness (QED) is 0.183. The molecule has 0 heterocycles. The maximum absolute atomic E-state index is 15.4. The van der Waals surface area contributed by atoms with Crippen molar-refractivity contribution in [3.8, 4) is 0 Å². The lowest BCUT2D eigenvalue weighted by molar-refractivity contribution is -0.163. The zero-order chi connectivity index (χ0) is 27.2. The molecule has 196 valence electrons. The molecular formula is C23H31F2O9P. The van der Waals surface area contributed by atoms with E-state index in [4.69, 9.17) is 23.6 Å². The Morgan fingerprint density at radius 2 is 1.29 bits per heavy atom. The number of carboxylic acid groups (broad SMARTS) is 1. The van der Waals surface area contributed by atoms with Crippen molar-refractivity contribution in [1.82, 2.24) is 0 Å². The Morgan fingerprint density at radius 3 is 1.63 bits per heavy atom. The number of hydrogen-bond acceptors (Lipinski definition) is 8. The largest absolute Gasteiger partial charge is 0.478 e. The predicted octanol–water partition coefficient (Wildman–Crippen LogP) is 5.54. The number of esters is 2. The molecule has 0 unspecified atom stereocenters. The second-order valence-corrected chi connectivity index (χ2v) is 11.7. The van der Waals surface area contributed by atoms with Crippen molar-refractivity contribution in [2.45, 2.75) is 54.1 Å². The standard InChI is InChI=1S/C23H31F2O9P/c1-15(12-18(26)27)16-8-10-17(11-9-16)23(24,25)35(30,33-13-31-19(28)21(2,3)4)34-14-32-20(29)22(5,6)7/h8-12H,13-14H2,1-7H3,(H,26,27)/b15-12-. The van der Waals surface area contributed by atoms with Gasteiger partial charge in [-0.2, -0.15) is 8.78 Å². The number of carbonyl (C=O) groups is 3. The van der Waals surface area contributed by atoms with E-state index in [0.717, 1.165) is 18.2 Å². The van der Waals surface area contributed by atoms with Gasteiger partial charge in [-0.25, -0.2) is 4.79 Å². The lowest BCUT2D eigenvalue weighted by atomic mass is 9.98. The monoisotopic (exact) mass is 520 g/mol. The molecule has 1 aromatic carbocycles. The van der Waals surface area contributed by atoms with Crippen LogP contribution in [0.1, 0.15) is 59.6 Å². The third kappa shape index (κ3) is 8.52. The number of alkyl halides is 2. The van der Waals surface area contributed by atoms with Crippen molar-refractivity contribution >= 4 is 31.1 Å². The summed E-state index contributed by atoms with van der Waals surface area (Å²) in [5.41, 5.74) is -6.35. The van der Waals surface area contributed by atoms with Gasteiger partial charge in [0.05, 0.1) is 10.8 Å². The first-order chi connectivity index (χ1) is 15.8. The van der Waals surface area contributed by atoms with Crippen LogP contribution in [0.5, 0.6) is 0 Å². The lowest BCUT2D eigenvalue weighted by Gasteiger charge is -2.27. The Hall–Kier alpha value is -2.62. The first-order valence-electron chi connectivity index (χ1n) is 10.4. The van der Waals surface area contributed by atoms with Crippen LogP contribution in [0.4, 0.5) is 8.78 Å². The van der Waals surface area contributed by atoms with Crippen LogP contribution in [0.2, 0.25) is 0 Å². The third-order valence-electron chi connectivity index (χ3n) is 4.42. The van der Waals surface area contributed by atoms with E-state index in [1.165, 1.54) is 60.6 Å². The number of halogens is 2. The highest BCUT2D eigenvalue weighted by Crippen LogP contribution is 2.66. The first kappa shape index (κ1) is 30.4. The maximum Gasteiger partial charge on any atom is 0.410 e. The summed E-state index contributed by atoms with van der Waals surface area (Å²) in [5.74, 6) is -2.80. The number of allylic oxidation sites excluding steroid dienone is 1. The molecule has 0 bridgehead atoms. The zero-order valence-corrected chi connectivity index (χ0v) is 21.6. The summed E-state index contributed by atoms with van der Waals surface area (Å²) >= 11 is 0. The number of carboxylic acids is 1. The number of aliphatic carboxylic acids is 1. The average molecular weight is 520 g/mol. The van der Waals surface area contributed by atoms with Crippen molar-refractivity contribution in [3.05, 3.63) is 41.5 Å². The molecule has 0 saturated heterocycles. The minimum Gasteiger partial charge on any atom is -0.478 e. The van der Waals surface area contributed by atoms with Crippen LogP contribution >= 0.6 is 7.60 Å². The van der Waals surface area contributed by atoms with Gasteiger partial charge in [0.2, 0.25) is 13.6 Å². The summed E-state index contributed by atoms with van der Waals surface area (Å²) in [6, 6.07) is 4.27. The highest BCUT2D eigenvalue weighted by atomic mass is 31.2. The average Bonchev–Trinajstić information content (AvgIpc) is 2.71. The Morgan fingerprint density at radius 1 is 0.886 bits per heavy atom. The molecule has 35 heavy (non-hydrogen) atoms. The lowest BCUT2D eigenvalue weighted by Crippen LogP contribution is -2.27. The molecule has 0 fully saturated rings. The van der Waals surface area contributed by atoms with E-state index < -0.39 is 61.1 Å². The summed E-state index contributed by atoms with van der Waals surface area (Å²) in [5, 5.41) is 8.84. The smallest absolute Gasteiger partial charge is 0.410 e. The minimum absolute atomic E-state index is 0.297.